The van der Waals surface area contributed by atoms with Crippen molar-refractivity contribution in [2.24, 2.45) is 0 Å². The second-order valence-corrected chi connectivity index (χ2v) is 3.79. The first-order chi connectivity index (χ1) is 9.43. The highest BCUT2D eigenvalue weighted by Gasteiger charge is 2.30. The topological polar surface area (TPSA) is 122 Å². The summed E-state index contributed by atoms with van der Waals surface area (Å²) >= 11 is 0. The van der Waals surface area contributed by atoms with E-state index < -0.39 is 30.0 Å². The summed E-state index contributed by atoms with van der Waals surface area (Å²) in [6.07, 6.45) is 0.432. The van der Waals surface area contributed by atoms with E-state index in [-0.39, 0.29) is 19.7 Å². The fourth-order valence-electron chi connectivity index (χ4n) is 1.48. The summed E-state index contributed by atoms with van der Waals surface area (Å²) in [6, 6.07) is -0.734. The number of esters is 1. The van der Waals surface area contributed by atoms with Gasteiger partial charge in [0.1, 0.15) is 0 Å². The minimum Gasteiger partial charge on any atom is -0.478 e. The Kier molecular flexibility index (Phi) is 5.66. The summed E-state index contributed by atoms with van der Waals surface area (Å²) < 4.78 is 9.62. The van der Waals surface area contributed by atoms with Gasteiger partial charge in [-0.05, 0) is 0 Å². The van der Waals surface area contributed by atoms with Crippen LogP contribution in [-0.4, -0.2) is 66.8 Å². The monoisotopic (exact) mass is 286 g/mol. The summed E-state index contributed by atoms with van der Waals surface area (Å²) in [4.78, 5) is 45.7. The van der Waals surface area contributed by atoms with E-state index in [0.29, 0.717) is 6.08 Å². The molecule has 0 aromatic heterocycles. The summed E-state index contributed by atoms with van der Waals surface area (Å²) in [5, 5.41) is 10.3. The predicted octanol–water partition coefficient (Wildman–Crippen LogP) is -1.26. The molecule has 0 saturated carbocycles. The molecular weight excluding hydrogens is 272 g/mol. The van der Waals surface area contributed by atoms with Crippen LogP contribution in [0.2, 0.25) is 0 Å². The molecular formula is C11H14N2O7. The maximum absolute atomic E-state index is 11.7. The average Bonchev–Trinajstić information content (AvgIpc) is 2.44. The number of nitrogens with one attached hydrogen (secondary N) is 1. The molecule has 9 nitrogen and oxygen atoms in total. The van der Waals surface area contributed by atoms with Gasteiger partial charge in [-0.2, -0.15) is 0 Å². The van der Waals surface area contributed by atoms with E-state index in [4.69, 9.17) is 9.84 Å². The first kappa shape index (κ1) is 15.6. The number of urea groups is 1. The molecule has 20 heavy (non-hydrogen) atoms. The van der Waals surface area contributed by atoms with Gasteiger partial charge in [0.2, 0.25) is 0 Å². The van der Waals surface area contributed by atoms with Gasteiger partial charge < -0.3 is 19.5 Å². The number of amides is 3. The minimum atomic E-state index is -1.30. The van der Waals surface area contributed by atoms with Crippen LogP contribution in [0.1, 0.15) is 0 Å². The number of carbonyl (C=O) groups excluding carboxylic acids is 3. The summed E-state index contributed by atoms with van der Waals surface area (Å²) in [7, 11) is 1.20. The Labute approximate surface area is 114 Å². The zero-order chi connectivity index (χ0) is 15.1. The third kappa shape index (κ3) is 4.69. The summed E-state index contributed by atoms with van der Waals surface area (Å²) in [6.45, 7) is 0.288. The summed E-state index contributed by atoms with van der Waals surface area (Å²) in [5.41, 5.74) is 0. The van der Waals surface area contributed by atoms with Crippen molar-refractivity contribution < 1.29 is 33.8 Å². The average molecular weight is 286 g/mol. The van der Waals surface area contributed by atoms with Gasteiger partial charge in [-0.1, -0.05) is 0 Å². The molecule has 1 aliphatic heterocycles. The fraction of sp³-hybridized carbons (Fsp3) is 0.455. The highest BCUT2D eigenvalue weighted by molar-refractivity contribution is 6.02. The molecule has 1 fully saturated rings. The number of rotatable bonds is 3. The standard InChI is InChI=1S/C11H14N2O7/c1-19-10(17)7-6-13(4-5-20-7)11(18)12-8(14)2-3-9(15)16/h2-3,7H,4-6H2,1H3,(H,15,16)(H,12,14,18)/b3-2+. The molecule has 110 valence electrons. The van der Waals surface area contributed by atoms with E-state index in [1.165, 1.54) is 12.0 Å². The largest absolute Gasteiger partial charge is 0.478 e. The smallest absolute Gasteiger partial charge is 0.336 e. The van der Waals surface area contributed by atoms with E-state index in [9.17, 15) is 19.2 Å². The van der Waals surface area contributed by atoms with Crippen molar-refractivity contribution in [3.05, 3.63) is 12.2 Å². The highest BCUT2D eigenvalue weighted by atomic mass is 16.6. The van der Waals surface area contributed by atoms with Crippen LogP contribution in [-0.2, 0) is 23.9 Å². The van der Waals surface area contributed by atoms with Crippen LogP contribution < -0.4 is 5.32 Å². The quantitative estimate of drug-likeness (QED) is 0.490. The number of nitrogens with zero attached hydrogens (tertiary/aromatic N) is 1. The Hall–Kier alpha value is -2.42. The third-order valence-corrected chi connectivity index (χ3v) is 2.43. The van der Waals surface area contributed by atoms with Crippen molar-refractivity contribution in [1.29, 1.82) is 0 Å². The molecule has 0 aromatic rings. The Morgan fingerprint density at radius 3 is 2.65 bits per heavy atom. The van der Waals surface area contributed by atoms with E-state index in [0.717, 1.165) is 6.08 Å². The summed E-state index contributed by atoms with van der Waals surface area (Å²) in [5.74, 6) is -2.78. The van der Waals surface area contributed by atoms with E-state index in [1.54, 1.807) is 0 Å². The maximum Gasteiger partial charge on any atom is 0.336 e. The molecule has 1 rings (SSSR count). The van der Waals surface area contributed by atoms with Gasteiger partial charge >= 0.3 is 18.0 Å². The number of methoxy groups -OCH3 is 1. The van der Waals surface area contributed by atoms with Gasteiger partial charge in [-0.15, -0.1) is 0 Å². The zero-order valence-electron chi connectivity index (χ0n) is 10.7. The first-order valence-corrected chi connectivity index (χ1v) is 5.64. The third-order valence-electron chi connectivity index (χ3n) is 2.43. The van der Waals surface area contributed by atoms with Crippen LogP contribution in [0.15, 0.2) is 12.2 Å². The highest BCUT2D eigenvalue weighted by Crippen LogP contribution is 2.06. The lowest BCUT2D eigenvalue weighted by Gasteiger charge is -2.31. The SMILES string of the molecule is COC(=O)C1CN(C(=O)NC(=O)/C=C/C(=O)O)CCO1. The van der Waals surface area contributed by atoms with Crippen LogP contribution in [0.3, 0.4) is 0 Å². The first-order valence-electron chi connectivity index (χ1n) is 5.64. The number of carboxylic acids is 1. The second-order valence-electron chi connectivity index (χ2n) is 3.79. The Balaban J connectivity index is 2.52. The lowest BCUT2D eigenvalue weighted by Crippen LogP contribution is -2.52. The maximum atomic E-state index is 11.7. The van der Waals surface area contributed by atoms with Gasteiger partial charge in [0.25, 0.3) is 5.91 Å². The van der Waals surface area contributed by atoms with Crippen LogP contribution in [0, 0.1) is 0 Å². The van der Waals surface area contributed by atoms with Gasteiger partial charge in [0.05, 0.1) is 20.3 Å². The van der Waals surface area contributed by atoms with Gasteiger partial charge in [-0.3, -0.25) is 10.1 Å². The van der Waals surface area contributed by atoms with Crippen molar-refractivity contribution in [2.45, 2.75) is 6.10 Å². The molecule has 1 heterocycles. The number of ether oxygens (including phenoxy) is 2. The molecule has 1 aliphatic rings. The van der Waals surface area contributed by atoms with Crippen molar-refractivity contribution in [1.82, 2.24) is 10.2 Å². The molecule has 0 aliphatic carbocycles. The van der Waals surface area contributed by atoms with E-state index >= 15 is 0 Å². The van der Waals surface area contributed by atoms with Crippen molar-refractivity contribution in [2.75, 3.05) is 26.8 Å². The van der Waals surface area contributed by atoms with Gasteiger partial charge in [-0.25, -0.2) is 14.4 Å². The molecule has 0 aromatic carbocycles. The normalized spacial score (nSPS) is 18.6. The Morgan fingerprint density at radius 1 is 1.35 bits per heavy atom. The van der Waals surface area contributed by atoms with Crippen LogP contribution in [0.4, 0.5) is 4.79 Å². The number of carbonyl (C=O) groups is 4. The van der Waals surface area contributed by atoms with Crippen molar-refractivity contribution >= 4 is 23.9 Å². The Bertz CT molecular complexity index is 446. The predicted molar refractivity (Wildman–Crippen MR) is 63.6 cm³/mol. The van der Waals surface area contributed by atoms with E-state index in [1.807, 2.05) is 5.32 Å². The molecule has 2 N–H and O–H groups in total. The van der Waals surface area contributed by atoms with Gasteiger partial charge in [0, 0.05) is 18.7 Å². The molecule has 0 radical (unpaired) electrons. The number of carboxylic acid groups (broad SMARTS) is 1. The molecule has 0 bridgehead atoms. The number of imide groups is 1. The van der Waals surface area contributed by atoms with Gasteiger partial charge in [0.15, 0.2) is 6.10 Å². The van der Waals surface area contributed by atoms with E-state index in [2.05, 4.69) is 4.74 Å². The van der Waals surface area contributed by atoms with Crippen LogP contribution >= 0.6 is 0 Å². The molecule has 3 amide bonds. The fourth-order valence-corrected chi connectivity index (χ4v) is 1.48. The zero-order valence-corrected chi connectivity index (χ0v) is 10.7. The number of aliphatic carboxylic acids is 1. The minimum absolute atomic E-state index is 0.0472. The molecule has 0 spiro atoms. The molecule has 1 unspecified atom stereocenters. The van der Waals surface area contributed by atoms with Crippen LogP contribution in [0.5, 0.6) is 0 Å². The van der Waals surface area contributed by atoms with Crippen LogP contribution in [0.25, 0.3) is 0 Å². The molecule has 9 heteroatoms. The second kappa shape index (κ2) is 7.24. The number of hydrogen-bond donors (Lipinski definition) is 2. The van der Waals surface area contributed by atoms with Crippen molar-refractivity contribution in [3.8, 4) is 0 Å². The Morgan fingerprint density at radius 2 is 2.05 bits per heavy atom. The number of morpholine rings is 1. The lowest BCUT2D eigenvalue weighted by molar-refractivity contribution is -0.158. The number of hydrogen-bond acceptors (Lipinski definition) is 6. The van der Waals surface area contributed by atoms with Crippen molar-refractivity contribution in [3.63, 3.8) is 0 Å². The molecule has 1 saturated heterocycles. The molecule has 1 atom stereocenters. The lowest BCUT2D eigenvalue weighted by atomic mass is 10.3.